The lowest BCUT2D eigenvalue weighted by atomic mass is 10.2. The first-order valence-electron chi connectivity index (χ1n) is 7.63. The van der Waals surface area contributed by atoms with Gasteiger partial charge in [0.1, 0.15) is 5.75 Å². The third kappa shape index (κ3) is 4.58. The van der Waals surface area contributed by atoms with Gasteiger partial charge in [0, 0.05) is 28.2 Å². The maximum absolute atomic E-state index is 12.4. The van der Waals surface area contributed by atoms with E-state index in [0.29, 0.717) is 5.13 Å². The van der Waals surface area contributed by atoms with E-state index in [9.17, 15) is 4.79 Å². The quantitative estimate of drug-likeness (QED) is 0.653. The van der Waals surface area contributed by atoms with Crippen molar-refractivity contribution in [3.05, 3.63) is 54.2 Å². The lowest BCUT2D eigenvalue weighted by Gasteiger charge is -2.10. The number of carbonyl (C=O) groups is 1. The number of hydrogen-bond acceptors (Lipinski definition) is 6. The van der Waals surface area contributed by atoms with Crippen molar-refractivity contribution in [1.82, 2.24) is 9.97 Å². The first-order valence-corrected chi connectivity index (χ1v) is 9.39. The maximum atomic E-state index is 12.4. The molecule has 7 heteroatoms. The Labute approximate surface area is 154 Å². The van der Waals surface area contributed by atoms with Gasteiger partial charge in [-0.1, -0.05) is 0 Å². The van der Waals surface area contributed by atoms with Gasteiger partial charge in [0.05, 0.1) is 18.1 Å². The first-order chi connectivity index (χ1) is 12.2. The molecule has 3 rings (SSSR count). The minimum absolute atomic E-state index is 0.0760. The van der Waals surface area contributed by atoms with Crippen molar-refractivity contribution in [2.75, 3.05) is 12.4 Å². The number of thioether (sulfide) groups is 1. The van der Waals surface area contributed by atoms with E-state index in [0.717, 1.165) is 21.9 Å². The smallest absolute Gasteiger partial charge is 0.239 e. The number of nitrogens with zero attached hydrogens (tertiary/aromatic N) is 2. The standard InChI is InChI=1S/C18H17N3O2S2/c1-12(25-15-7-5-14(23-2)6-8-15)17(22)21-18-20-16(11-24-18)13-4-3-9-19-10-13/h3-12H,1-2H3,(H,20,21,22). The van der Waals surface area contributed by atoms with Crippen LogP contribution < -0.4 is 10.1 Å². The van der Waals surface area contributed by atoms with Gasteiger partial charge in [-0.2, -0.15) is 0 Å². The molecule has 1 aromatic carbocycles. The second kappa shape index (κ2) is 8.13. The van der Waals surface area contributed by atoms with Crippen LogP contribution in [-0.4, -0.2) is 28.2 Å². The van der Waals surface area contributed by atoms with E-state index < -0.39 is 0 Å². The Hall–Kier alpha value is -2.38. The van der Waals surface area contributed by atoms with Crippen molar-refractivity contribution >= 4 is 34.1 Å². The van der Waals surface area contributed by atoms with Crippen molar-refractivity contribution in [2.45, 2.75) is 17.1 Å². The van der Waals surface area contributed by atoms with Gasteiger partial charge in [-0.05, 0) is 43.3 Å². The summed E-state index contributed by atoms with van der Waals surface area (Å²) in [6.45, 7) is 1.87. The van der Waals surface area contributed by atoms with E-state index in [1.54, 1.807) is 19.5 Å². The highest BCUT2D eigenvalue weighted by atomic mass is 32.2. The minimum Gasteiger partial charge on any atom is -0.497 e. The average molecular weight is 371 g/mol. The number of aromatic nitrogens is 2. The van der Waals surface area contributed by atoms with Gasteiger partial charge in [0.25, 0.3) is 0 Å². The molecule has 0 aliphatic carbocycles. The van der Waals surface area contributed by atoms with Gasteiger partial charge < -0.3 is 10.1 Å². The Bertz CT molecular complexity index is 835. The largest absolute Gasteiger partial charge is 0.497 e. The van der Waals surface area contributed by atoms with Crippen LogP contribution in [0.15, 0.2) is 59.1 Å². The zero-order chi connectivity index (χ0) is 17.6. The normalized spacial score (nSPS) is 11.8. The molecule has 0 spiro atoms. The van der Waals surface area contributed by atoms with E-state index in [1.807, 2.05) is 48.7 Å². The fourth-order valence-corrected chi connectivity index (χ4v) is 3.69. The zero-order valence-corrected chi connectivity index (χ0v) is 15.4. The molecule has 128 valence electrons. The number of ether oxygens (including phenoxy) is 1. The van der Waals surface area contributed by atoms with Gasteiger partial charge in [0.2, 0.25) is 5.91 Å². The second-order valence-electron chi connectivity index (χ2n) is 5.20. The summed E-state index contributed by atoms with van der Waals surface area (Å²) in [6, 6.07) is 11.5. The summed E-state index contributed by atoms with van der Waals surface area (Å²) in [5.41, 5.74) is 1.74. The van der Waals surface area contributed by atoms with Crippen LogP contribution in [0.25, 0.3) is 11.3 Å². The van der Waals surface area contributed by atoms with E-state index in [4.69, 9.17) is 4.74 Å². The lowest BCUT2D eigenvalue weighted by molar-refractivity contribution is -0.115. The van der Waals surface area contributed by atoms with E-state index in [-0.39, 0.29) is 11.2 Å². The van der Waals surface area contributed by atoms with Gasteiger partial charge in [-0.25, -0.2) is 4.98 Å². The molecule has 25 heavy (non-hydrogen) atoms. The van der Waals surface area contributed by atoms with Gasteiger partial charge >= 0.3 is 0 Å². The fraction of sp³-hybridized carbons (Fsp3) is 0.167. The molecule has 1 amide bonds. The molecule has 0 fully saturated rings. The van der Waals surface area contributed by atoms with Crippen LogP contribution in [0.2, 0.25) is 0 Å². The molecule has 5 nitrogen and oxygen atoms in total. The molecule has 3 aromatic rings. The Balaban J connectivity index is 1.60. The highest BCUT2D eigenvalue weighted by molar-refractivity contribution is 8.00. The molecular weight excluding hydrogens is 354 g/mol. The summed E-state index contributed by atoms with van der Waals surface area (Å²) in [4.78, 5) is 21.9. The van der Waals surface area contributed by atoms with Crippen LogP contribution in [0.5, 0.6) is 5.75 Å². The summed E-state index contributed by atoms with van der Waals surface area (Å²) in [7, 11) is 1.63. The molecule has 2 aromatic heterocycles. The van der Waals surface area contributed by atoms with Crippen LogP contribution >= 0.6 is 23.1 Å². The fourth-order valence-electron chi connectivity index (χ4n) is 2.10. The summed E-state index contributed by atoms with van der Waals surface area (Å²) in [5, 5.41) is 5.14. The number of anilines is 1. The number of carbonyl (C=O) groups excluding carboxylic acids is 1. The summed E-state index contributed by atoms with van der Waals surface area (Å²) >= 11 is 2.90. The Morgan fingerprint density at radius 3 is 2.76 bits per heavy atom. The molecule has 0 saturated carbocycles. The average Bonchev–Trinajstić information content (AvgIpc) is 3.11. The molecule has 1 N–H and O–H groups in total. The van der Waals surface area contributed by atoms with E-state index >= 15 is 0 Å². The predicted molar refractivity (Wildman–Crippen MR) is 102 cm³/mol. The van der Waals surface area contributed by atoms with Crippen molar-refractivity contribution < 1.29 is 9.53 Å². The molecule has 0 saturated heterocycles. The van der Waals surface area contributed by atoms with Crippen LogP contribution in [0, 0.1) is 0 Å². The molecule has 0 bridgehead atoms. The maximum Gasteiger partial charge on any atom is 0.239 e. The first kappa shape index (κ1) is 17.4. The molecule has 2 heterocycles. The highest BCUT2D eigenvalue weighted by Crippen LogP contribution is 2.28. The second-order valence-corrected chi connectivity index (χ2v) is 7.48. The zero-order valence-electron chi connectivity index (χ0n) is 13.8. The number of benzene rings is 1. The third-order valence-corrected chi connectivity index (χ3v) is 5.30. The number of rotatable bonds is 6. The third-order valence-electron chi connectivity index (χ3n) is 3.43. The molecule has 1 unspecified atom stereocenters. The SMILES string of the molecule is COc1ccc(SC(C)C(=O)Nc2nc(-c3cccnc3)cs2)cc1. The van der Waals surface area contributed by atoms with Crippen LogP contribution in [0.1, 0.15) is 6.92 Å². The number of nitrogens with one attached hydrogen (secondary N) is 1. The molecule has 0 aliphatic heterocycles. The molecule has 0 aliphatic rings. The van der Waals surface area contributed by atoms with Gasteiger partial charge in [0.15, 0.2) is 5.13 Å². The number of pyridine rings is 1. The highest BCUT2D eigenvalue weighted by Gasteiger charge is 2.16. The number of amides is 1. The number of hydrogen-bond donors (Lipinski definition) is 1. The predicted octanol–water partition coefficient (Wildman–Crippen LogP) is 4.33. The van der Waals surface area contributed by atoms with E-state index in [2.05, 4.69) is 15.3 Å². The Morgan fingerprint density at radius 1 is 1.28 bits per heavy atom. The minimum atomic E-state index is -0.237. The topological polar surface area (TPSA) is 64.1 Å². The van der Waals surface area contributed by atoms with Gasteiger partial charge in [-0.3, -0.25) is 9.78 Å². The van der Waals surface area contributed by atoms with Crippen LogP contribution in [0.4, 0.5) is 5.13 Å². The summed E-state index contributed by atoms with van der Waals surface area (Å²) in [5.74, 6) is 0.722. The molecular formula is C18H17N3O2S2. The summed E-state index contributed by atoms with van der Waals surface area (Å²) < 4.78 is 5.14. The van der Waals surface area contributed by atoms with Crippen molar-refractivity contribution in [3.8, 4) is 17.0 Å². The monoisotopic (exact) mass is 371 g/mol. The summed E-state index contributed by atoms with van der Waals surface area (Å²) in [6.07, 6.45) is 3.47. The van der Waals surface area contributed by atoms with E-state index in [1.165, 1.54) is 23.1 Å². The van der Waals surface area contributed by atoms with Crippen LogP contribution in [0.3, 0.4) is 0 Å². The lowest BCUT2D eigenvalue weighted by Crippen LogP contribution is -2.22. The van der Waals surface area contributed by atoms with Crippen molar-refractivity contribution in [1.29, 1.82) is 0 Å². The Kier molecular flexibility index (Phi) is 5.67. The van der Waals surface area contributed by atoms with Crippen molar-refractivity contribution in [2.24, 2.45) is 0 Å². The van der Waals surface area contributed by atoms with Crippen molar-refractivity contribution in [3.63, 3.8) is 0 Å². The number of thiazole rings is 1. The van der Waals surface area contributed by atoms with Crippen LogP contribution in [-0.2, 0) is 4.79 Å². The van der Waals surface area contributed by atoms with Gasteiger partial charge in [-0.15, -0.1) is 23.1 Å². The number of methoxy groups -OCH3 is 1. The molecule has 1 atom stereocenters. The molecule has 0 radical (unpaired) electrons. The Morgan fingerprint density at radius 2 is 2.08 bits per heavy atom.